The molecule has 25 heavy (non-hydrogen) atoms. The number of hydrogen-bond donors (Lipinski definition) is 1. The lowest BCUT2D eigenvalue weighted by molar-refractivity contribution is 0.0580. The summed E-state index contributed by atoms with van der Waals surface area (Å²) in [5.41, 5.74) is 1.15. The zero-order valence-corrected chi connectivity index (χ0v) is 15.6. The zero-order chi connectivity index (χ0) is 18.2. The molecule has 4 nitrogen and oxygen atoms in total. The van der Waals surface area contributed by atoms with Gasteiger partial charge in [0, 0.05) is 29.8 Å². The SMILES string of the molecule is CC(C)(C)OC(=O)N1CCC[C@H](CCl)c2c1cc(O)c1ccccc21. The van der Waals surface area contributed by atoms with Crippen LogP contribution in [0.5, 0.6) is 5.75 Å². The van der Waals surface area contributed by atoms with Crippen LogP contribution in [0.2, 0.25) is 0 Å². The number of ether oxygens (including phenoxy) is 1. The Morgan fingerprint density at radius 1 is 1.32 bits per heavy atom. The average Bonchev–Trinajstić information content (AvgIpc) is 2.73. The minimum atomic E-state index is -0.575. The summed E-state index contributed by atoms with van der Waals surface area (Å²) in [5, 5.41) is 12.2. The Hall–Kier alpha value is -1.94. The maximum atomic E-state index is 12.8. The topological polar surface area (TPSA) is 49.8 Å². The van der Waals surface area contributed by atoms with Gasteiger partial charge in [0.2, 0.25) is 0 Å². The quantitative estimate of drug-likeness (QED) is 0.691. The third-order valence-electron chi connectivity index (χ3n) is 4.48. The van der Waals surface area contributed by atoms with Crippen molar-refractivity contribution in [1.29, 1.82) is 0 Å². The van der Waals surface area contributed by atoms with Gasteiger partial charge in [-0.3, -0.25) is 4.90 Å². The van der Waals surface area contributed by atoms with Gasteiger partial charge in [0.25, 0.3) is 0 Å². The van der Waals surface area contributed by atoms with Gasteiger partial charge in [0.1, 0.15) is 11.4 Å². The smallest absolute Gasteiger partial charge is 0.414 e. The lowest BCUT2D eigenvalue weighted by atomic mass is 9.90. The number of alkyl halides is 1. The number of phenolic OH excluding ortho intramolecular Hbond substituents is 1. The van der Waals surface area contributed by atoms with Gasteiger partial charge in [-0.25, -0.2) is 4.79 Å². The molecule has 0 aliphatic carbocycles. The van der Waals surface area contributed by atoms with Gasteiger partial charge in [-0.1, -0.05) is 24.3 Å². The van der Waals surface area contributed by atoms with E-state index in [0.717, 1.165) is 29.2 Å². The number of carbonyl (C=O) groups is 1. The van der Waals surface area contributed by atoms with Gasteiger partial charge in [0.15, 0.2) is 0 Å². The minimum Gasteiger partial charge on any atom is -0.507 e. The predicted octanol–water partition coefficient (Wildman–Crippen LogP) is 5.40. The van der Waals surface area contributed by atoms with Crippen LogP contribution in [0.4, 0.5) is 10.5 Å². The molecule has 5 heteroatoms. The van der Waals surface area contributed by atoms with E-state index in [-0.39, 0.29) is 11.7 Å². The minimum absolute atomic E-state index is 0.134. The Balaban J connectivity index is 2.19. The van der Waals surface area contributed by atoms with Crippen molar-refractivity contribution in [2.75, 3.05) is 17.3 Å². The second-order valence-corrected chi connectivity index (χ2v) is 7.81. The summed E-state index contributed by atoms with van der Waals surface area (Å²) in [5.74, 6) is 0.775. The molecule has 1 aliphatic heterocycles. The fourth-order valence-corrected chi connectivity index (χ4v) is 3.75. The molecule has 3 rings (SSSR count). The predicted molar refractivity (Wildman–Crippen MR) is 102 cm³/mol. The first-order valence-corrected chi connectivity index (χ1v) is 9.16. The molecule has 0 unspecified atom stereocenters. The van der Waals surface area contributed by atoms with Crippen LogP contribution < -0.4 is 4.90 Å². The van der Waals surface area contributed by atoms with Crippen LogP contribution in [-0.2, 0) is 4.74 Å². The fourth-order valence-electron chi connectivity index (χ4n) is 3.44. The molecular formula is C20H24ClNO3. The molecule has 134 valence electrons. The number of halogens is 1. The molecule has 0 radical (unpaired) electrons. The number of amides is 1. The molecule has 0 fully saturated rings. The Labute approximate surface area is 153 Å². The van der Waals surface area contributed by atoms with Crippen molar-refractivity contribution in [1.82, 2.24) is 0 Å². The van der Waals surface area contributed by atoms with Crippen molar-refractivity contribution >= 4 is 34.2 Å². The molecule has 0 bridgehead atoms. The van der Waals surface area contributed by atoms with Gasteiger partial charge in [-0.05, 0) is 44.6 Å². The third kappa shape index (κ3) is 3.54. The van der Waals surface area contributed by atoms with Gasteiger partial charge >= 0.3 is 6.09 Å². The first kappa shape index (κ1) is 17.9. The molecule has 1 heterocycles. The largest absolute Gasteiger partial charge is 0.507 e. The second kappa shape index (κ2) is 6.75. The van der Waals surface area contributed by atoms with E-state index in [1.165, 1.54) is 0 Å². The number of benzene rings is 2. The van der Waals surface area contributed by atoms with E-state index in [2.05, 4.69) is 0 Å². The van der Waals surface area contributed by atoms with E-state index in [9.17, 15) is 9.90 Å². The van der Waals surface area contributed by atoms with Crippen LogP contribution >= 0.6 is 11.6 Å². The molecule has 2 aromatic carbocycles. The van der Waals surface area contributed by atoms with E-state index in [1.54, 1.807) is 11.0 Å². The normalized spacial score (nSPS) is 17.9. The highest BCUT2D eigenvalue weighted by Gasteiger charge is 2.31. The van der Waals surface area contributed by atoms with Crippen molar-refractivity contribution < 1.29 is 14.6 Å². The molecule has 0 saturated carbocycles. The van der Waals surface area contributed by atoms with Crippen LogP contribution in [0.3, 0.4) is 0 Å². The molecule has 0 spiro atoms. The number of aromatic hydroxyl groups is 1. The number of phenols is 1. The van der Waals surface area contributed by atoms with Crippen molar-refractivity contribution in [2.24, 2.45) is 0 Å². The van der Waals surface area contributed by atoms with E-state index in [1.807, 2.05) is 45.0 Å². The zero-order valence-electron chi connectivity index (χ0n) is 14.9. The summed E-state index contributed by atoms with van der Waals surface area (Å²) < 4.78 is 5.58. The number of rotatable bonds is 1. The highest BCUT2D eigenvalue weighted by molar-refractivity contribution is 6.18. The third-order valence-corrected chi connectivity index (χ3v) is 4.85. The maximum absolute atomic E-state index is 12.8. The first-order valence-electron chi connectivity index (χ1n) is 8.63. The first-order chi connectivity index (χ1) is 11.8. The summed E-state index contributed by atoms with van der Waals surface area (Å²) >= 11 is 6.26. The van der Waals surface area contributed by atoms with E-state index in [0.29, 0.717) is 18.1 Å². The lowest BCUT2D eigenvalue weighted by Gasteiger charge is -2.28. The average molecular weight is 362 g/mol. The molecule has 0 aromatic heterocycles. The van der Waals surface area contributed by atoms with Gasteiger partial charge in [-0.2, -0.15) is 0 Å². The number of carbonyl (C=O) groups excluding carboxylic acids is 1. The van der Waals surface area contributed by atoms with Crippen molar-refractivity contribution in [3.63, 3.8) is 0 Å². The Bertz CT molecular complexity index is 797. The number of fused-ring (bicyclic) bond motifs is 3. The molecule has 0 saturated heterocycles. The van der Waals surface area contributed by atoms with E-state index < -0.39 is 11.7 Å². The molecule has 1 amide bonds. The van der Waals surface area contributed by atoms with Crippen molar-refractivity contribution in [2.45, 2.75) is 45.1 Å². The molecule has 1 aliphatic rings. The van der Waals surface area contributed by atoms with Crippen LogP contribution in [0.25, 0.3) is 10.8 Å². The maximum Gasteiger partial charge on any atom is 0.414 e. The van der Waals surface area contributed by atoms with Crippen molar-refractivity contribution in [3.05, 3.63) is 35.9 Å². The summed E-state index contributed by atoms with van der Waals surface area (Å²) in [6.07, 6.45) is 1.34. The molecule has 2 aromatic rings. The number of nitrogens with zero attached hydrogens (tertiary/aromatic N) is 1. The Kier molecular flexibility index (Phi) is 4.83. The van der Waals surface area contributed by atoms with Gasteiger partial charge < -0.3 is 9.84 Å². The van der Waals surface area contributed by atoms with Gasteiger partial charge in [0.05, 0.1) is 5.69 Å². The lowest BCUT2D eigenvalue weighted by Crippen LogP contribution is -2.37. The van der Waals surface area contributed by atoms with Crippen molar-refractivity contribution in [3.8, 4) is 5.75 Å². The monoisotopic (exact) mass is 361 g/mol. The number of hydrogen-bond acceptors (Lipinski definition) is 3. The van der Waals surface area contributed by atoms with E-state index in [4.69, 9.17) is 16.3 Å². The standard InChI is InChI=1S/C20H24ClNO3/c1-20(2,3)25-19(24)22-10-6-7-13(12-21)18-15-9-5-4-8-14(15)17(23)11-16(18)22/h4-5,8-9,11,13,23H,6-7,10,12H2,1-3H3/t13-/m1/s1. The van der Waals surface area contributed by atoms with Crippen LogP contribution in [-0.4, -0.2) is 29.2 Å². The summed E-state index contributed by atoms with van der Waals surface area (Å²) in [7, 11) is 0. The highest BCUT2D eigenvalue weighted by atomic mass is 35.5. The van der Waals surface area contributed by atoms with Gasteiger partial charge in [-0.15, -0.1) is 11.6 Å². The summed E-state index contributed by atoms with van der Waals surface area (Å²) in [4.78, 5) is 14.4. The molecular weight excluding hydrogens is 338 g/mol. The number of anilines is 1. The summed E-state index contributed by atoms with van der Waals surface area (Å²) in [6, 6.07) is 9.37. The Morgan fingerprint density at radius 3 is 2.64 bits per heavy atom. The summed E-state index contributed by atoms with van der Waals surface area (Å²) in [6.45, 7) is 6.10. The fraction of sp³-hybridized carbons (Fsp3) is 0.450. The molecule has 1 N–H and O–H groups in total. The van der Waals surface area contributed by atoms with Crippen LogP contribution in [0.1, 0.15) is 45.1 Å². The highest BCUT2D eigenvalue weighted by Crippen LogP contribution is 2.43. The van der Waals surface area contributed by atoms with Crippen LogP contribution in [0, 0.1) is 0 Å². The Morgan fingerprint density at radius 2 is 2.00 bits per heavy atom. The van der Waals surface area contributed by atoms with Crippen LogP contribution in [0.15, 0.2) is 30.3 Å². The van der Waals surface area contributed by atoms with E-state index >= 15 is 0 Å². The molecule has 1 atom stereocenters. The second-order valence-electron chi connectivity index (χ2n) is 7.50.